The Hall–Kier alpha value is -2.41. The van der Waals surface area contributed by atoms with Gasteiger partial charge < -0.3 is 4.42 Å². The van der Waals surface area contributed by atoms with Crippen molar-refractivity contribution < 1.29 is 4.42 Å². The molecule has 0 aliphatic heterocycles. The van der Waals surface area contributed by atoms with Gasteiger partial charge in [0.2, 0.25) is 0 Å². The average molecular weight is 545 g/mol. The van der Waals surface area contributed by atoms with Gasteiger partial charge in [-0.25, -0.2) is 4.98 Å². The Kier molecular flexibility index (Phi) is 6.41. The third kappa shape index (κ3) is 4.65. The van der Waals surface area contributed by atoms with Gasteiger partial charge in [-0.05, 0) is 61.4 Å². The highest BCUT2D eigenvalue weighted by Gasteiger charge is 2.22. The Morgan fingerprint density at radius 1 is 1.06 bits per heavy atom. The molecule has 0 radical (unpaired) electrons. The van der Waals surface area contributed by atoms with Crippen molar-refractivity contribution in [1.29, 1.82) is 0 Å². The van der Waals surface area contributed by atoms with E-state index in [1.807, 2.05) is 18.2 Å². The fourth-order valence-corrected chi connectivity index (χ4v) is 5.14. The summed E-state index contributed by atoms with van der Waals surface area (Å²) in [6.45, 7) is 0. The molecule has 2 aromatic carbocycles. The smallest absolute Gasteiger partial charge is 0.282 e. The first-order chi connectivity index (χ1) is 16.0. The van der Waals surface area contributed by atoms with Crippen LogP contribution in [-0.2, 0) is 0 Å². The first-order valence-corrected chi connectivity index (χ1v) is 12.4. The maximum Gasteiger partial charge on any atom is 0.282 e. The van der Waals surface area contributed by atoms with Gasteiger partial charge in [-0.2, -0.15) is 9.78 Å². The van der Waals surface area contributed by atoms with Gasteiger partial charge in [0.05, 0.1) is 22.1 Å². The van der Waals surface area contributed by atoms with E-state index in [0.717, 1.165) is 35.7 Å². The SMILES string of the molecule is O=c1c2cc(Br)ccc2nc(C2CCCCC2)n1N=Cc1ccc(-c2ccc(Cl)cc2Cl)o1. The summed E-state index contributed by atoms with van der Waals surface area (Å²) in [6, 6.07) is 14.4. The van der Waals surface area contributed by atoms with Crippen molar-refractivity contribution in [3.8, 4) is 11.3 Å². The standard InChI is InChI=1S/C25H20BrCl2N3O2/c26-16-6-10-22-20(12-16)25(32)31(24(30-22)15-4-2-1-3-5-15)29-14-18-8-11-23(33-18)19-9-7-17(27)13-21(19)28/h6-15H,1-5H2. The molecule has 2 heterocycles. The van der Waals surface area contributed by atoms with E-state index in [0.29, 0.717) is 38.3 Å². The lowest BCUT2D eigenvalue weighted by molar-refractivity contribution is 0.416. The average Bonchev–Trinajstić information content (AvgIpc) is 3.28. The number of halogens is 3. The number of fused-ring (bicyclic) bond motifs is 1. The fourth-order valence-electron chi connectivity index (χ4n) is 4.27. The maximum absolute atomic E-state index is 13.4. The minimum Gasteiger partial charge on any atom is -0.455 e. The molecule has 8 heteroatoms. The molecule has 1 aliphatic carbocycles. The molecule has 1 aliphatic rings. The second-order valence-electron chi connectivity index (χ2n) is 8.15. The van der Waals surface area contributed by atoms with Crippen molar-refractivity contribution in [2.75, 3.05) is 0 Å². The zero-order valence-electron chi connectivity index (χ0n) is 17.6. The van der Waals surface area contributed by atoms with Gasteiger partial charge in [0, 0.05) is 21.0 Å². The molecule has 4 aromatic rings. The van der Waals surface area contributed by atoms with Crippen LogP contribution < -0.4 is 5.56 Å². The van der Waals surface area contributed by atoms with Crippen LogP contribution in [0.2, 0.25) is 10.0 Å². The van der Waals surface area contributed by atoms with Crippen LogP contribution >= 0.6 is 39.1 Å². The number of furan rings is 1. The highest BCUT2D eigenvalue weighted by atomic mass is 79.9. The second-order valence-corrected chi connectivity index (χ2v) is 9.91. The summed E-state index contributed by atoms with van der Waals surface area (Å²) < 4.78 is 8.18. The predicted octanol–water partition coefficient (Wildman–Crippen LogP) is 7.66. The van der Waals surface area contributed by atoms with Crippen LogP contribution in [0, 0.1) is 0 Å². The van der Waals surface area contributed by atoms with Gasteiger partial charge in [-0.3, -0.25) is 4.79 Å². The van der Waals surface area contributed by atoms with Crippen LogP contribution in [0.3, 0.4) is 0 Å². The molecule has 5 rings (SSSR count). The van der Waals surface area contributed by atoms with Gasteiger partial charge in [0.15, 0.2) is 0 Å². The number of rotatable bonds is 4. The van der Waals surface area contributed by atoms with E-state index in [1.165, 1.54) is 11.1 Å². The topological polar surface area (TPSA) is 60.4 Å². The van der Waals surface area contributed by atoms with E-state index in [-0.39, 0.29) is 11.5 Å². The van der Waals surface area contributed by atoms with Gasteiger partial charge >= 0.3 is 0 Å². The van der Waals surface area contributed by atoms with Gasteiger partial charge in [0.25, 0.3) is 5.56 Å². The molecule has 168 valence electrons. The van der Waals surface area contributed by atoms with Crippen LogP contribution in [0.4, 0.5) is 0 Å². The van der Waals surface area contributed by atoms with E-state index < -0.39 is 0 Å². The van der Waals surface area contributed by atoms with E-state index in [2.05, 4.69) is 21.0 Å². The van der Waals surface area contributed by atoms with Crippen molar-refractivity contribution in [3.05, 3.63) is 85.0 Å². The summed E-state index contributed by atoms with van der Waals surface area (Å²) in [5.74, 6) is 2.01. The Morgan fingerprint density at radius 3 is 2.67 bits per heavy atom. The molecule has 1 fully saturated rings. The zero-order valence-corrected chi connectivity index (χ0v) is 20.7. The Balaban J connectivity index is 1.56. The third-order valence-corrected chi connectivity index (χ3v) is 6.97. The van der Waals surface area contributed by atoms with Crippen LogP contribution in [0.1, 0.15) is 49.6 Å². The summed E-state index contributed by atoms with van der Waals surface area (Å²) in [5.41, 5.74) is 1.23. The highest BCUT2D eigenvalue weighted by molar-refractivity contribution is 9.10. The molecule has 0 saturated heterocycles. The monoisotopic (exact) mass is 543 g/mol. The minimum atomic E-state index is -0.189. The van der Waals surface area contributed by atoms with E-state index in [4.69, 9.17) is 32.6 Å². The van der Waals surface area contributed by atoms with Crippen LogP contribution in [0.15, 0.2) is 67.3 Å². The molecular weight excluding hydrogens is 525 g/mol. The number of nitrogens with zero attached hydrogens (tertiary/aromatic N) is 3. The lowest BCUT2D eigenvalue weighted by atomic mass is 9.88. The molecule has 1 saturated carbocycles. The van der Waals surface area contributed by atoms with Crippen LogP contribution in [0.5, 0.6) is 0 Å². The van der Waals surface area contributed by atoms with E-state index in [1.54, 1.807) is 36.5 Å². The predicted molar refractivity (Wildman–Crippen MR) is 137 cm³/mol. The van der Waals surface area contributed by atoms with Crippen molar-refractivity contribution in [1.82, 2.24) is 9.66 Å². The quantitative estimate of drug-likeness (QED) is 0.248. The first kappa shape index (κ1) is 22.4. The van der Waals surface area contributed by atoms with Crippen molar-refractivity contribution in [2.45, 2.75) is 38.0 Å². The number of aromatic nitrogens is 2. The molecule has 0 spiro atoms. The number of hydrogen-bond acceptors (Lipinski definition) is 4. The molecule has 33 heavy (non-hydrogen) atoms. The molecule has 0 unspecified atom stereocenters. The largest absolute Gasteiger partial charge is 0.455 e. The van der Waals surface area contributed by atoms with Gasteiger partial charge in [-0.15, -0.1) is 0 Å². The summed E-state index contributed by atoms with van der Waals surface area (Å²) in [6.07, 6.45) is 7.03. The second kappa shape index (κ2) is 9.45. The van der Waals surface area contributed by atoms with Crippen molar-refractivity contribution >= 4 is 56.2 Å². The lowest BCUT2D eigenvalue weighted by Gasteiger charge is -2.22. The first-order valence-electron chi connectivity index (χ1n) is 10.8. The molecule has 0 bridgehead atoms. The highest BCUT2D eigenvalue weighted by Crippen LogP contribution is 2.33. The normalized spacial score (nSPS) is 15.0. The summed E-state index contributed by atoms with van der Waals surface area (Å²) in [4.78, 5) is 18.3. The Morgan fingerprint density at radius 2 is 1.88 bits per heavy atom. The zero-order chi connectivity index (χ0) is 22.9. The fraction of sp³-hybridized carbons (Fsp3) is 0.240. The summed E-state index contributed by atoms with van der Waals surface area (Å²) in [7, 11) is 0. The molecular formula is C25H20BrCl2N3O2. The van der Waals surface area contributed by atoms with E-state index in [9.17, 15) is 4.79 Å². The minimum absolute atomic E-state index is 0.189. The molecule has 0 N–H and O–H groups in total. The van der Waals surface area contributed by atoms with Crippen LogP contribution in [0.25, 0.3) is 22.2 Å². The Bertz CT molecular complexity index is 1420. The molecule has 2 aromatic heterocycles. The summed E-state index contributed by atoms with van der Waals surface area (Å²) >= 11 is 15.7. The van der Waals surface area contributed by atoms with E-state index >= 15 is 0 Å². The molecule has 5 nitrogen and oxygen atoms in total. The summed E-state index contributed by atoms with van der Waals surface area (Å²) in [5, 5.41) is 6.11. The van der Waals surface area contributed by atoms with Crippen molar-refractivity contribution in [3.63, 3.8) is 0 Å². The molecule has 0 amide bonds. The van der Waals surface area contributed by atoms with Gasteiger partial charge in [-0.1, -0.05) is 58.4 Å². The van der Waals surface area contributed by atoms with Crippen LogP contribution in [-0.4, -0.2) is 15.9 Å². The molecule has 0 atom stereocenters. The lowest BCUT2D eigenvalue weighted by Crippen LogP contribution is -2.25. The van der Waals surface area contributed by atoms with Crippen molar-refractivity contribution in [2.24, 2.45) is 5.10 Å². The third-order valence-electron chi connectivity index (χ3n) is 5.93. The number of hydrogen-bond donors (Lipinski definition) is 0. The number of benzene rings is 2. The maximum atomic E-state index is 13.4. The van der Waals surface area contributed by atoms with Gasteiger partial charge in [0.1, 0.15) is 17.3 Å². The Labute approximate surface area is 209 Å².